The second kappa shape index (κ2) is 23.8. The molecule has 0 aromatic carbocycles. The summed E-state index contributed by atoms with van der Waals surface area (Å²) in [5.41, 5.74) is 1.36. The topological polar surface area (TPSA) is 189 Å². The number of rotatable bonds is 5. The van der Waals surface area contributed by atoms with E-state index in [1.165, 1.54) is 12.0 Å². The molecule has 2 bridgehead atoms. The number of aliphatic hydroxyl groups is 4. The molecule has 15 atom stereocenters. The Morgan fingerprint density at radius 2 is 1.60 bits per heavy atom. The summed E-state index contributed by atoms with van der Waals surface area (Å²) in [6.45, 7) is 13.2. The molecule has 1 aliphatic carbocycles. The van der Waals surface area contributed by atoms with Gasteiger partial charge in [0.1, 0.15) is 30.1 Å². The summed E-state index contributed by atoms with van der Waals surface area (Å²) in [6, 6.07) is -0.912. The second-order valence-corrected chi connectivity index (χ2v) is 19.1. The molecule has 1 amide bonds. The maximum Gasteiger partial charge on any atom is 0.329 e. The van der Waals surface area contributed by atoms with E-state index in [0.717, 1.165) is 5.57 Å². The maximum absolute atomic E-state index is 14.1. The third-order valence-corrected chi connectivity index (χ3v) is 14.0. The Balaban J connectivity index is 1.65. The van der Waals surface area contributed by atoms with E-state index in [0.29, 0.717) is 76.3 Å². The highest BCUT2D eigenvalue weighted by Crippen LogP contribution is 2.39. The molecule has 4 aliphatic rings. The predicted molar refractivity (Wildman–Crippen MR) is 235 cm³/mol. The van der Waals surface area contributed by atoms with Gasteiger partial charge in [-0.3, -0.25) is 14.4 Å². The molecule has 3 aliphatic heterocycles. The molecular formula is C49H77NO12. The van der Waals surface area contributed by atoms with Crippen LogP contribution in [0, 0.1) is 35.5 Å². The van der Waals surface area contributed by atoms with Gasteiger partial charge in [-0.2, -0.15) is 0 Å². The molecule has 1 unspecified atom stereocenters. The Morgan fingerprint density at radius 3 is 2.27 bits per heavy atom. The summed E-state index contributed by atoms with van der Waals surface area (Å²) in [6.07, 6.45) is 10.6. The Labute approximate surface area is 370 Å². The predicted octanol–water partition coefficient (Wildman–Crippen LogP) is 5.96. The fourth-order valence-corrected chi connectivity index (χ4v) is 9.81. The summed E-state index contributed by atoms with van der Waals surface area (Å²) in [4.78, 5) is 57.3. The van der Waals surface area contributed by atoms with Crippen molar-refractivity contribution >= 4 is 23.4 Å². The van der Waals surface area contributed by atoms with Crippen LogP contribution < -0.4 is 0 Å². The first kappa shape index (κ1) is 51.6. The van der Waals surface area contributed by atoms with Crippen molar-refractivity contribution in [3.05, 3.63) is 47.6 Å². The number of allylic oxidation sites excluding steroid dienone is 6. The van der Waals surface area contributed by atoms with Crippen LogP contribution in [0.15, 0.2) is 47.6 Å². The first-order valence-electron chi connectivity index (χ1n) is 23.0. The zero-order chi connectivity index (χ0) is 45.9. The number of ketones is 2. The van der Waals surface area contributed by atoms with Crippen molar-refractivity contribution in [3.63, 3.8) is 0 Å². The quantitative estimate of drug-likeness (QED) is 0.188. The van der Waals surface area contributed by atoms with E-state index >= 15 is 0 Å². The minimum absolute atomic E-state index is 0.0361. The summed E-state index contributed by atoms with van der Waals surface area (Å²) in [7, 11) is 3.02. The van der Waals surface area contributed by atoms with Gasteiger partial charge in [0.15, 0.2) is 11.6 Å². The number of carbonyl (C=O) groups excluding carboxylic acids is 4. The first-order chi connectivity index (χ1) is 29.3. The largest absolute Gasteiger partial charge is 0.460 e. The number of hydrogen-bond donors (Lipinski definition) is 4. The van der Waals surface area contributed by atoms with E-state index < -0.39 is 66.1 Å². The minimum atomic E-state index is -1.75. The molecule has 3 fully saturated rings. The van der Waals surface area contributed by atoms with Crippen molar-refractivity contribution in [1.29, 1.82) is 0 Å². The fraction of sp³-hybridized carbons (Fsp3) is 0.755. The third-order valence-electron chi connectivity index (χ3n) is 14.0. The molecule has 1 saturated carbocycles. The average molecular weight is 872 g/mol. The normalized spacial score (nSPS) is 41.6. The van der Waals surface area contributed by atoms with Crippen molar-refractivity contribution in [2.75, 3.05) is 20.8 Å². The number of carbonyl (C=O) groups is 4. The number of aliphatic hydroxyl groups excluding tert-OH is 3. The first-order valence-corrected chi connectivity index (χ1v) is 23.0. The number of ether oxygens (including phenoxy) is 4. The molecule has 0 aromatic rings. The lowest BCUT2D eigenvalue weighted by Crippen LogP contribution is -2.52. The number of esters is 1. The van der Waals surface area contributed by atoms with Gasteiger partial charge in [-0.1, -0.05) is 71.1 Å². The van der Waals surface area contributed by atoms with Crippen molar-refractivity contribution in [1.82, 2.24) is 4.90 Å². The number of Topliss-reactive ketones (excluding diaryl/α,β-unsaturated/α-hetero) is 2. The van der Waals surface area contributed by atoms with Crippen LogP contribution in [0.3, 0.4) is 0 Å². The Bertz CT molecular complexity index is 1640. The van der Waals surface area contributed by atoms with E-state index in [4.69, 9.17) is 18.9 Å². The van der Waals surface area contributed by atoms with Gasteiger partial charge in [-0.25, -0.2) is 4.79 Å². The second-order valence-electron chi connectivity index (χ2n) is 19.1. The monoisotopic (exact) mass is 872 g/mol. The van der Waals surface area contributed by atoms with Crippen LogP contribution in [0.5, 0.6) is 0 Å². The number of methoxy groups -OCH3 is 2. The molecule has 13 heteroatoms. The van der Waals surface area contributed by atoms with E-state index in [2.05, 4.69) is 0 Å². The molecule has 0 radical (unpaired) electrons. The highest BCUT2D eigenvalue weighted by molar-refractivity contribution is 5.87. The molecular weight excluding hydrogens is 795 g/mol. The highest BCUT2D eigenvalue weighted by Gasteiger charge is 2.47. The van der Waals surface area contributed by atoms with Crippen LogP contribution in [-0.2, 0) is 38.1 Å². The fourth-order valence-electron chi connectivity index (χ4n) is 9.81. The van der Waals surface area contributed by atoms with Gasteiger partial charge in [0.2, 0.25) is 5.91 Å². The van der Waals surface area contributed by atoms with Crippen molar-refractivity contribution < 1.29 is 58.6 Å². The minimum Gasteiger partial charge on any atom is -0.460 e. The molecule has 350 valence electrons. The zero-order valence-corrected chi connectivity index (χ0v) is 38.7. The number of cyclic esters (lactones) is 1. The molecule has 4 rings (SSSR count). The number of amides is 1. The maximum atomic E-state index is 14.1. The van der Waals surface area contributed by atoms with Crippen molar-refractivity contribution in [2.24, 2.45) is 35.5 Å². The van der Waals surface area contributed by atoms with E-state index in [9.17, 15) is 39.6 Å². The third kappa shape index (κ3) is 14.0. The summed E-state index contributed by atoms with van der Waals surface area (Å²) < 4.78 is 24.0. The standard InChI is InChI=1S/C49H77NO12/c1-29-14-11-10-12-15-30(2)42(59-8)26-37-19-17-35(7)49(58,62-37)28-44(54)50-21-13-16-38(50)48(57)61-43(32(4)24-36-18-20-39(51)41(53)25-36)27-40(52)31(3)23-34(6)46(56)47(60-9)45(55)33(5)22-29/h10-12,14-15,23,29,31-33,35-39,41-43,46-47,51,53,56,58H,13,16-22,24-28H2,1-9H3/b12-10+,14-11+,30-15+,34-23+/t29-,31-,32-,33-,35-,36?,37+,38+,39+,41+,42+,43+,46-,47+,49+/m1/s1. The smallest absolute Gasteiger partial charge is 0.329 e. The molecule has 4 N–H and O–H groups in total. The Hall–Kier alpha value is -3.04. The summed E-state index contributed by atoms with van der Waals surface area (Å²) in [5.74, 6) is -5.00. The molecule has 13 nitrogen and oxygen atoms in total. The lowest BCUT2D eigenvalue weighted by Gasteiger charge is -2.43. The van der Waals surface area contributed by atoms with E-state index in [-0.39, 0.29) is 60.3 Å². The molecule has 2 saturated heterocycles. The Morgan fingerprint density at radius 1 is 0.871 bits per heavy atom. The molecule has 0 spiro atoms. The van der Waals surface area contributed by atoms with Crippen LogP contribution >= 0.6 is 0 Å². The van der Waals surface area contributed by atoms with E-state index in [1.807, 2.05) is 65.0 Å². The van der Waals surface area contributed by atoms with E-state index in [1.54, 1.807) is 27.0 Å². The van der Waals surface area contributed by atoms with Crippen LogP contribution in [0.2, 0.25) is 0 Å². The SMILES string of the molecule is CO[C@H]1C[C@@H]2CC[C@@H](C)[C@](O)(CC(=O)N3CCC[C@H]3C(=O)O[C@H]([C@H](C)CC3CC[C@H](O)[C@@H](O)C3)CC(=O)[C@H](C)/C=C(\C)[C@@H](O)[C@@H](OC)C(=O)[C@H](C)C[C@H](C)/C=C/C=C/C=C/1C)O2. The van der Waals surface area contributed by atoms with Crippen LogP contribution in [0.1, 0.15) is 126 Å². The van der Waals surface area contributed by atoms with Gasteiger partial charge in [0, 0.05) is 51.4 Å². The van der Waals surface area contributed by atoms with Crippen molar-refractivity contribution in [3.8, 4) is 0 Å². The summed E-state index contributed by atoms with van der Waals surface area (Å²) in [5, 5.41) is 43.9. The molecule has 0 aromatic heterocycles. The van der Waals surface area contributed by atoms with Crippen LogP contribution in [-0.4, -0.2) is 124 Å². The van der Waals surface area contributed by atoms with Crippen molar-refractivity contribution in [2.45, 2.75) is 180 Å². The molecule has 62 heavy (non-hydrogen) atoms. The average Bonchev–Trinajstić information content (AvgIpc) is 3.72. The van der Waals surface area contributed by atoms with Gasteiger partial charge in [0.25, 0.3) is 0 Å². The number of fused-ring (bicyclic) bond motifs is 3. The lowest BCUT2D eigenvalue weighted by atomic mass is 9.78. The van der Waals surface area contributed by atoms with Gasteiger partial charge >= 0.3 is 5.97 Å². The molecule has 3 heterocycles. The van der Waals surface area contributed by atoms with Gasteiger partial charge in [-0.05, 0) is 101 Å². The Kier molecular flexibility index (Phi) is 19.8. The number of nitrogens with zero attached hydrogens (tertiary/aromatic N) is 1. The highest BCUT2D eigenvalue weighted by atomic mass is 16.6. The summed E-state index contributed by atoms with van der Waals surface area (Å²) >= 11 is 0. The van der Waals surface area contributed by atoms with Gasteiger partial charge in [-0.15, -0.1) is 0 Å². The van der Waals surface area contributed by atoms with Crippen LogP contribution in [0.25, 0.3) is 0 Å². The van der Waals surface area contributed by atoms with Gasteiger partial charge in [0.05, 0.1) is 30.8 Å². The van der Waals surface area contributed by atoms with Gasteiger partial charge < -0.3 is 44.3 Å². The van der Waals surface area contributed by atoms with Crippen LogP contribution in [0.4, 0.5) is 0 Å². The zero-order valence-electron chi connectivity index (χ0n) is 38.7. The number of hydrogen-bond acceptors (Lipinski definition) is 12. The lowest BCUT2D eigenvalue weighted by molar-refractivity contribution is -0.283.